The van der Waals surface area contributed by atoms with Crippen LogP contribution < -0.4 is 10.6 Å². The number of hydrogen-bond donors (Lipinski definition) is 2. The Morgan fingerprint density at radius 1 is 0.794 bits per heavy atom. The summed E-state index contributed by atoms with van der Waals surface area (Å²) in [6.07, 6.45) is -2.39. The molecule has 1 heterocycles. The molecular formula is C25H22F6N2O. The topological polar surface area (TPSA) is 41.1 Å². The van der Waals surface area contributed by atoms with Gasteiger partial charge in [-0.05, 0) is 41.0 Å². The minimum Gasteiger partial charge on any atom is -0.337 e. The Bertz CT molecular complexity index is 1050. The van der Waals surface area contributed by atoms with Crippen molar-refractivity contribution in [3.63, 3.8) is 0 Å². The molecule has 2 N–H and O–H groups in total. The number of hydrogen-bond acceptors (Lipinski definition) is 1. The largest absolute Gasteiger partial charge is 0.416 e. The quantitative estimate of drug-likeness (QED) is 0.453. The van der Waals surface area contributed by atoms with Gasteiger partial charge in [-0.1, -0.05) is 62.4 Å². The van der Waals surface area contributed by atoms with E-state index >= 15 is 0 Å². The van der Waals surface area contributed by atoms with Gasteiger partial charge in [0.2, 0.25) is 0 Å². The summed E-state index contributed by atoms with van der Waals surface area (Å²) in [4.78, 5) is 12.0. The maximum Gasteiger partial charge on any atom is 0.416 e. The fraction of sp³-hybridized carbons (Fsp3) is 0.240. The third-order valence-corrected chi connectivity index (χ3v) is 5.28. The van der Waals surface area contributed by atoms with E-state index in [0.717, 1.165) is 24.3 Å². The molecule has 0 atom stereocenters. The molecule has 0 spiro atoms. The van der Waals surface area contributed by atoms with Gasteiger partial charge in [-0.2, -0.15) is 26.3 Å². The average Bonchev–Trinajstić information content (AvgIpc) is 2.75. The third kappa shape index (κ3) is 6.30. The minimum absolute atomic E-state index is 0.347. The zero-order chi connectivity index (χ0) is 25.1. The van der Waals surface area contributed by atoms with E-state index in [1.54, 1.807) is 24.3 Å². The lowest BCUT2D eigenvalue weighted by atomic mass is 9.84. The van der Waals surface area contributed by atoms with Crippen LogP contribution in [0, 0.1) is 5.41 Å². The Morgan fingerprint density at radius 3 is 1.59 bits per heavy atom. The van der Waals surface area contributed by atoms with Gasteiger partial charge in [-0.15, -0.1) is 0 Å². The van der Waals surface area contributed by atoms with Gasteiger partial charge in [-0.3, -0.25) is 0 Å². The first-order chi connectivity index (χ1) is 15.8. The van der Waals surface area contributed by atoms with E-state index in [2.05, 4.69) is 10.6 Å². The lowest BCUT2D eigenvalue weighted by molar-refractivity contribution is -0.138. The summed E-state index contributed by atoms with van der Waals surface area (Å²) in [6, 6.07) is 8.79. The van der Waals surface area contributed by atoms with Gasteiger partial charge in [-0.25, -0.2) is 4.79 Å². The second-order valence-electron chi connectivity index (χ2n) is 8.43. The molecule has 3 rings (SSSR count). The number of rotatable bonds is 4. The molecule has 3 nitrogen and oxygen atoms in total. The molecule has 2 aromatic carbocycles. The number of benzene rings is 2. The van der Waals surface area contributed by atoms with Crippen molar-refractivity contribution < 1.29 is 31.1 Å². The van der Waals surface area contributed by atoms with Gasteiger partial charge in [0.1, 0.15) is 0 Å². The highest BCUT2D eigenvalue weighted by Crippen LogP contribution is 2.32. The first-order valence-corrected chi connectivity index (χ1v) is 10.3. The van der Waals surface area contributed by atoms with Gasteiger partial charge in [0.25, 0.3) is 0 Å². The number of carbonyl (C=O) groups excluding carboxylic acids is 1. The number of amides is 2. The van der Waals surface area contributed by atoms with E-state index in [4.69, 9.17) is 0 Å². The maximum absolute atomic E-state index is 12.8. The summed E-state index contributed by atoms with van der Waals surface area (Å²) in [7, 11) is 0. The first kappa shape index (κ1) is 25.1. The number of allylic oxidation sites excluding steroid dienone is 3. The Balaban J connectivity index is 1.96. The highest BCUT2D eigenvalue weighted by molar-refractivity contribution is 5.79. The molecule has 2 amide bonds. The van der Waals surface area contributed by atoms with Gasteiger partial charge in [0, 0.05) is 17.7 Å². The van der Waals surface area contributed by atoms with E-state index in [-0.39, 0.29) is 0 Å². The van der Waals surface area contributed by atoms with Gasteiger partial charge < -0.3 is 10.6 Å². The second-order valence-corrected chi connectivity index (χ2v) is 8.43. The predicted molar refractivity (Wildman–Crippen MR) is 118 cm³/mol. The highest BCUT2D eigenvalue weighted by atomic mass is 19.4. The standard InChI is InChI=1S/C25H22F6N2O/c1-23(2)15-32-22(34)33-21(23)18(9-3-16-5-11-19(12-6-16)24(26,27)28)10-4-17-7-13-20(14-8-17)25(29,30)31/h3-14H,15H2,1-2H3,(H2,32,33,34). The number of nitrogens with one attached hydrogen (secondary N) is 2. The molecule has 1 fully saturated rings. The van der Waals surface area contributed by atoms with Crippen molar-refractivity contribution >= 4 is 18.2 Å². The van der Waals surface area contributed by atoms with Crippen molar-refractivity contribution in [3.8, 4) is 0 Å². The average molecular weight is 480 g/mol. The summed E-state index contributed by atoms with van der Waals surface area (Å²) in [5.74, 6) is 0. The van der Waals surface area contributed by atoms with Crippen LogP contribution in [0.25, 0.3) is 12.2 Å². The highest BCUT2D eigenvalue weighted by Gasteiger charge is 2.32. The Labute approximate surface area is 192 Å². The summed E-state index contributed by atoms with van der Waals surface area (Å²) in [6.45, 7) is 4.14. The van der Waals surface area contributed by atoms with E-state index in [1.807, 2.05) is 13.8 Å². The van der Waals surface area contributed by atoms with Crippen LogP contribution in [0.5, 0.6) is 0 Å². The van der Waals surface area contributed by atoms with Gasteiger partial charge >= 0.3 is 18.4 Å². The molecule has 2 aromatic rings. The van der Waals surface area contributed by atoms with E-state index < -0.39 is 34.9 Å². The molecule has 0 aliphatic carbocycles. The van der Waals surface area contributed by atoms with Crippen molar-refractivity contribution in [3.05, 3.63) is 94.2 Å². The summed E-state index contributed by atoms with van der Waals surface area (Å²) < 4.78 is 76.8. The number of alkyl halides is 6. The van der Waals surface area contributed by atoms with Crippen LogP contribution in [0.15, 0.2) is 72.0 Å². The van der Waals surface area contributed by atoms with Crippen LogP contribution >= 0.6 is 0 Å². The lowest BCUT2D eigenvalue weighted by Gasteiger charge is -2.34. The zero-order valence-electron chi connectivity index (χ0n) is 18.3. The van der Waals surface area contributed by atoms with Crippen molar-refractivity contribution in [2.75, 3.05) is 6.54 Å². The molecule has 0 radical (unpaired) electrons. The van der Waals surface area contributed by atoms with E-state index in [0.29, 0.717) is 28.9 Å². The van der Waals surface area contributed by atoms with Crippen LogP contribution in [-0.2, 0) is 12.4 Å². The number of halogens is 6. The normalized spacial score (nSPS) is 16.6. The van der Waals surface area contributed by atoms with E-state index in [1.165, 1.54) is 24.3 Å². The van der Waals surface area contributed by atoms with Crippen LogP contribution in [-0.4, -0.2) is 12.6 Å². The predicted octanol–water partition coefficient (Wildman–Crippen LogP) is 7.04. The molecule has 1 aliphatic heterocycles. The molecule has 9 heteroatoms. The molecule has 0 bridgehead atoms. The lowest BCUT2D eigenvalue weighted by Crippen LogP contribution is -2.51. The molecule has 180 valence electrons. The molecule has 1 aliphatic rings. The summed E-state index contributed by atoms with van der Waals surface area (Å²) in [5.41, 5.74) is 0.105. The second kappa shape index (κ2) is 9.40. The van der Waals surface area contributed by atoms with Crippen molar-refractivity contribution in [1.82, 2.24) is 10.6 Å². The molecule has 0 aromatic heterocycles. The third-order valence-electron chi connectivity index (χ3n) is 5.28. The van der Waals surface area contributed by atoms with E-state index in [9.17, 15) is 31.1 Å². The summed E-state index contributed by atoms with van der Waals surface area (Å²) in [5, 5.41) is 5.47. The minimum atomic E-state index is -4.44. The SMILES string of the molecule is CC1(C)CNC(=O)NC1=C(C=Cc1ccc(C(F)(F)F)cc1)C=Cc1ccc(C(F)(F)F)cc1. The smallest absolute Gasteiger partial charge is 0.337 e. The van der Waals surface area contributed by atoms with Crippen LogP contribution in [0.4, 0.5) is 31.1 Å². The molecule has 1 saturated heterocycles. The van der Waals surface area contributed by atoms with Crippen LogP contribution in [0.3, 0.4) is 0 Å². The first-order valence-electron chi connectivity index (χ1n) is 10.3. The van der Waals surface area contributed by atoms with Gasteiger partial charge in [0.15, 0.2) is 0 Å². The van der Waals surface area contributed by atoms with Gasteiger partial charge in [0.05, 0.1) is 11.1 Å². The van der Waals surface area contributed by atoms with Crippen molar-refractivity contribution in [2.45, 2.75) is 26.2 Å². The van der Waals surface area contributed by atoms with Crippen molar-refractivity contribution in [1.29, 1.82) is 0 Å². The Hall–Kier alpha value is -3.49. The number of urea groups is 1. The Kier molecular flexibility index (Phi) is 6.95. The van der Waals surface area contributed by atoms with Crippen LogP contribution in [0.1, 0.15) is 36.1 Å². The molecule has 0 unspecified atom stereocenters. The molecule has 0 saturated carbocycles. The Morgan fingerprint density at radius 2 is 1.21 bits per heavy atom. The van der Waals surface area contributed by atoms with Crippen molar-refractivity contribution in [2.24, 2.45) is 5.41 Å². The summed E-state index contributed by atoms with van der Waals surface area (Å²) >= 11 is 0. The zero-order valence-corrected chi connectivity index (χ0v) is 18.3. The fourth-order valence-electron chi connectivity index (χ4n) is 3.34. The molecular weight excluding hydrogens is 458 g/mol. The maximum atomic E-state index is 12.8. The number of carbonyl (C=O) groups is 1. The molecule has 34 heavy (non-hydrogen) atoms. The monoisotopic (exact) mass is 480 g/mol. The fourth-order valence-corrected chi connectivity index (χ4v) is 3.34. The van der Waals surface area contributed by atoms with Crippen LogP contribution in [0.2, 0.25) is 0 Å².